The van der Waals surface area contributed by atoms with Crippen LogP contribution in [0.15, 0.2) is 79.4 Å². The van der Waals surface area contributed by atoms with Crippen LogP contribution >= 0.6 is 0 Å². The topological polar surface area (TPSA) is 107 Å². The largest absolute Gasteiger partial charge is 0.388 e. The summed E-state index contributed by atoms with van der Waals surface area (Å²) in [6.07, 6.45) is 1.67. The van der Waals surface area contributed by atoms with E-state index in [1.807, 2.05) is 26.0 Å². The number of hydrogen-bond donors (Lipinski definition) is 0. The minimum atomic E-state index is -0.488. The van der Waals surface area contributed by atoms with Crippen molar-refractivity contribution in [2.75, 3.05) is 14.7 Å². The minimum absolute atomic E-state index is 0.262. The van der Waals surface area contributed by atoms with Gasteiger partial charge < -0.3 is 4.74 Å². The zero-order valence-corrected chi connectivity index (χ0v) is 20.6. The van der Waals surface area contributed by atoms with Crippen molar-refractivity contribution in [3.05, 3.63) is 107 Å². The van der Waals surface area contributed by atoms with E-state index < -0.39 is 6.03 Å². The number of aryl methyl sites for hydroxylation is 3. The predicted octanol–water partition coefficient (Wildman–Crippen LogP) is 6.11. The number of hydrogen-bond acceptors (Lipinski definition) is 6. The fourth-order valence-corrected chi connectivity index (χ4v) is 4.11. The molecule has 180 valence electrons. The summed E-state index contributed by atoms with van der Waals surface area (Å²) in [5.41, 5.74) is 4.60. The number of anilines is 3. The van der Waals surface area contributed by atoms with E-state index in [-0.39, 0.29) is 11.6 Å². The normalized spacial score (nSPS) is 13.2. The number of nitrogens with zero attached hydrogens (tertiary/aromatic N) is 6. The first kappa shape index (κ1) is 24.6. The Morgan fingerprint density at radius 3 is 1.57 bits per heavy atom. The van der Waals surface area contributed by atoms with E-state index in [0.29, 0.717) is 39.5 Å². The van der Waals surface area contributed by atoms with Crippen LogP contribution in [0.25, 0.3) is 0 Å². The van der Waals surface area contributed by atoms with E-state index >= 15 is 0 Å². The van der Waals surface area contributed by atoms with Crippen molar-refractivity contribution in [3.63, 3.8) is 0 Å². The van der Waals surface area contributed by atoms with Crippen LogP contribution in [-0.2, 0) is 0 Å². The number of carbonyl (C=O) groups excluding carboxylic acids is 1. The lowest BCUT2D eigenvalue weighted by Crippen LogP contribution is -2.55. The quantitative estimate of drug-likeness (QED) is 0.412. The van der Waals surface area contributed by atoms with Gasteiger partial charge in [-0.3, -0.25) is 4.90 Å². The van der Waals surface area contributed by atoms with Crippen molar-refractivity contribution >= 4 is 23.1 Å². The van der Waals surface area contributed by atoms with Crippen LogP contribution in [0.1, 0.15) is 27.8 Å². The van der Waals surface area contributed by atoms with Crippen LogP contribution in [0.5, 0.6) is 5.75 Å². The Bertz CT molecular complexity index is 1520. The summed E-state index contributed by atoms with van der Waals surface area (Å²) in [4.78, 5) is 18.4. The lowest BCUT2D eigenvalue weighted by Gasteiger charge is -2.45. The van der Waals surface area contributed by atoms with Crippen molar-refractivity contribution in [2.24, 2.45) is 0 Å². The predicted molar refractivity (Wildman–Crippen MR) is 140 cm³/mol. The van der Waals surface area contributed by atoms with Gasteiger partial charge in [0.2, 0.25) is 0 Å². The Kier molecular flexibility index (Phi) is 6.39. The molecule has 8 nitrogen and oxygen atoms in total. The molecule has 0 N–H and O–H groups in total. The number of benzene rings is 3. The number of rotatable bonds is 4. The van der Waals surface area contributed by atoms with Crippen LogP contribution in [0.2, 0.25) is 0 Å². The Hall–Kier alpha value is -5.52. The second-order valence-corrected chi connectivity index (χ2v) is 8.49. The molecular formula is C29H22N6O2. The third kappa shape index (κ3) is 4.23. The molecular weight excluding hydrogens is 464 g/mol. The minimum Gasteiger partial charge on any atom is -0.388 e. The summed E-state index contributed by atoms with van der Waals surface area (Å²) in [5, 5.41) is 28.2. The van der Waals surface area contributed by atoms with E-state index in [0.717, 1.165) is 11.1 Å². The zero-order valence-electron chi connectivity index (χ0n) is 20.6. The molecule has 0 aliphatic carbocycles. The van der Waals surface area contributed by atoms with Gasteiger partial charge in [0.15, 0.2) is 0 Å². The summed E-state index contributed by atoms with van der Waals surface area (Å²) in [6.45, 7) is 13.8. The molecule has 0 atom stereocenters. The van der Waals surface area contributed by atoms with Gasteiger partial charge in [-0.1, -0.05) is 31.4 Å². The van der Waals surface area contributed by atoms with Crippen molar-refractivity contribution in [3.8, 4) is 24.1 Å². The highest BCUT2D eigenvalue weighted by Crippen LogP contribution is 2.39. The molecule has 0 radical (unpaired) electrons. The lowest BCUT2D eigenvalue weighted by molar-refractivity contribution is 0.253. The van der Waals surface area contributed by atoms with E-state index in [4.69, 9.17) is 10.00 Å². The maximum atomic E-state index is 14.0. The van der Waals surface area contributed by atoms with Gasteiger partial charge in [0.05, 0.1) is 40.3 Å². The van der Waals surface area contributed by atoms with Crippen molar-refractivity contribution in [2.45, 2.75) is 20.8 Å². The summed E-state index contributed by atoms with van der Waals surface area (Å²) >= 11 is 0. The highest BCUT2D eigenvalue weighted by atomic mass is 16.5. The molecule has 1 aliphatic heterocycles. The molecule has 0 unspecified atom stereocenters. The zero-order chi connectivity index (χ0) is 26.9. The van der Waals surface area contributed by atoms with Crippen LogP contribution in [0, 0.1) is 55.0 Å². The van der Waals surface area contributed by atoms with Gasteiger partial charge in [-0.05, 0) is 67.8 Å². The fourth-order valence-electron chi connectivity index (χ4n) is 4.11. The first-order valence-electron chi connectivity index (χ1n) is 11.2. The van der Waals surface area contributed by atoms with E-state index in [1.165, 1.54) is 9.80 Å². The first-order valence-corrected chi connectivity index (χ1v) is 11.2. The number of urea groups is 1. The molecule has 4 rings (SSSR count). The Morgan fingerprint density at radius 2 is 1.11 bits per heavy atom. The smallest absolute Gasteiger partial charge is 0.340 e. The van der Waals surface area contributed by atoms with Crippen LogP contribution < -0.4 is 19.4 Å². The number of carbonyl (C=O) groups is 1. The van der Waals surface area contributed by atoms with E-state index in [9.17, 15) is 15.3 Å². The van der Waals surface area contributed by atoms with E-state index in [1.54, 1.807) is 60.5 Å². The second kappa shape index (κ2) is 9.62. The number of nitriles is 3. The van der Waals surface area contributed by atoms with Gasteiger partial charge >= 0.3 is 6.03 Å². The van der Waals surface area contributed by atoms with Gasteiger partial charge in [0, 0.05) is 6.07 Å². The fraction of sp³-hybridized carbons (Fsp3) is 0.103. The Balaban J connectivity index is 1.93. The molecule has 1 fully saturated rings. The molecule has 0 aromatic heterocycles. The second-order valence-electron chi connectivity index (χ2n) is 8.49. The SMILES string of the molecule is C=C1N(c2ccc(C)c(C#N)c2)C(=C)N(c2ccc(C)c(OC#N)c2)C(=O)N1c1ccc(C)c(C#N)c1. The monoisotopic (exact) mass is 486 g/mol. The Labute approximate surface area is 215 Å². The third-order valence-electron chi connectivity index (χ3n) is 6.20. The summed E-state index contributed by atoms with van der Waals surface area (Å²) in [7, 11) is 0. The molecule has 1 saturated heterocycles. The molecule has 1 heterocycles. The first-order chi connectivity index (χ1) is 17.7. The van der Waals surface area contributed by atoms with Gasteiger partial charge in [0.25, 0.3) is 6.26 Å². The highest BCUT2D eigenvalue weighted by Gasteiger charge is 2.39. The highest BCUT2D eigenvalue weighted by molar-refractivity contribution is 6.11. The summed E-state index contributed by atoms with van der Waals surface area (Å²) in [6, 6.07) is 19.3. The van der Waals surface area contributed by atoms with Crippen LogP contribution in [0.4, 0.5) is 21.9 Å². The molecule has 2 amide bonds. The van der Waals surface area contributed by atoms with Crippen LogP contribution in [-0.4, -0.2) is 6.03 Å². The average Bonchev–Trinajstić information content (AvgIpc) is 2.87. The summed E-state index contributed by atoms with van der Waals surface area (Å²) in [5.74, 6) is 0.832. The standard InChI is InChI=1S/C29H22N6O2/c1-18-6-9-25(12-23(18)15-30)33-21(4)34(26-10-7-19(2)24(13-26)16-31)29(36)35(22(33)5)27-11-8-20(3)28(14-27)37-17-32/h6-14H,4-5H2,1-3H3. The molecule has 3 aromatic carbocycles. The Morgan fingerprint density at radius 1 is 0.676 bits per heavy atom. The maximum Gasteiger partial charge on any atom is 0.340 e. The number of amides is 2. The van der Waals surface area contributed by atoms with Crippen LogP contribution in [0.3, 0.4) is 0 Å². The lowest BCUT2D eigenvalue weighted by atomic mass is 10.1. The third-order valence-corrected chi connectivity index (χ3v) is 6.20. The van der Waals surface area contributed by atoms with Crippen molar-refractivity contribution < 1.29 is 9.53 Å². The molecule has 0 saturated carbocycles. The van der Waals surface area contributed by atoms with Gasteiger partial charge in [-0.25, -0.2) is 14.6 Å². The molecule has 37 heavy (non-hydrogen) atoms. The molecule has 3 aromatic rings. The van der Waals surface area contributed by atoms with Crippen molar-refractivity contribution in [1.82, 2.24) is 0 Å². The average molecular weight is 487 g/mol. The number of ether oxygens (including phenoxy) is 1. The van der Waals surface area contributed by atoms with E-state index in [2.05, 4.69) is 25.3 Å². The summed E-state index contributed by atoms with van der Waals surface area (Å²) < 4.78 is 5.09. The molecule has 0 bridgehead atoms. The molecule has 0 spiro atoms. The molecule has 8 heteroatoms. The van der Waals surface area contributed by atoms with Gasteiger partial charge in [-0.15, -0.1) is 5.26 Å². The molecule has 1 aliphatic rings. The van der Waals surface area contributed by atoms with Crippen molar-refractivity contribution in [1.29, 1.82) is 15.8 Å². The maximum absolute atomic E-state index is 14.0. The van der Waals surface area contributed by atoms with Gasteiger partial charge in [-0.2, -0.15) is 10.5 Å². The van der Waals surface area contributed by atoms with Gasteiger partial charge in [0.1, 0.15) is 17.4 Å².